The van der Waals surface area contributed by atoms with Crippen molar-refractivity contribution in [2.24, 2.45) is 17.8 Å². The molecule has 0 unspecified atom stereocenters. The Labute approximate surface area is 295 Å². The van der Waals surface area contributed by atoms with Crippen LogP contribution in [0.1, 0.15) is 156 Å². The van der Waals surface area contributed by atoms with Crippen molar-refractivity contribution in [3.05, 3.63) is 12.2 Å². The van der Waals surface area contributed by atoms with E-state index < -0.39 is 44.7 Å². The van der Waals surface area contributed by atoms with E-state index in [-0.39, 0.29) is 43.5 Å². The molecule has 0 amide bonds. The average Bonchev–Trinajstić information content (AvgIpc) is 3.30. The van der Waals surface area contributed by atoms with Crippen molar-refractivity contribution in [1.82, 2.24) is 0 Å². The summed E-state index contributed by atoms with van der Waals surface area (Å²) in [5, 5.41) is 20.6. The molecule has 0 spiro atoms. The first-order chi connectivity index (χ1) is 23.3. The highest BCUT2D eigenvalue weighted by molar-refractivity contribution is 7.46. The molecular weight excluding hydrogens is 651 g/mol. The van der Waals surface area contributed by atoms with Crippen molar-refractivity contribution in [2.75, 3.05) is 13.2 Å². The van der Waals surface area contributed by atoms with E-state index in [9.17, 15) is 29.2 Å². The molecule has 0 heterocycles. The maximum atomic E-state index is 12.4. The van der Waals surface area contributed by atoms with Crippen LogP contribution in [-0.4, -0.2) is 69.2 Å². The minimum atomic E-state index is -4.80. The Morgan fingerprint density at radius 1 is 0.837 bits per heavy atom. The van der Waals surface area contributed by atoms with E-state index in [1.54, 1.807) is 12.2 Å². The Morgan fingerprint density at radius 3 is 2.02 bits per heavy atom. The molecule has 4 N–H and O–H groups in total. The summed E-state index contributed by atoms with van der Waals surface area (Å²) in [5.41, 5.74) is 0. The molecule has 1 saturated carbocycles. The largest absolute Gasteiger partial charge is 0.469 e. The molecular formula is C37H67O11P. The van der Waals surface area contributed by atoms with Gasteiger partial charge in [-0.25, -0.2) is 4.57 Å². The number of unbranched alkanes of at least 4 members (excludes halogenated alkanes) is 12. The van der Waals surface area contributed by atoms with Crippen LogP contribution in [0.25, 0.3) is 0 Å². The number of phosphoric acid groups is 1. The van der Waals surface area contributed by atoms with E-state index in [0.29, 0.717) is 25.7 Å². The first kappa shape index (κ1) is 45.4. The molecule has 0 aliphatic heterocycles. The number of phosphoric ester groups is 1. The predicted molar refractivity (Wildman–Crippen MR) is 189 cm³/mol. The predicted octanol–water partition coefficient (Wildman–Crippen LogP) is 7.51. The summed E-state index contributed by atoms with van der Waals surface area (Å²) in [4.78, 5) is 55.3. The van der Waals surface area contributed by atoms with Crippen molar-refractivity contribution in [2.45, 2.75) is 174 Å². The third-order valence-corrected chi connectivity index (χ3v) is 9.60. The number of carbonyl (C=O) groups is 3. The van der Waals surface area contributed by atoms with Crippen LogP contribution in [0.3, 0.4) is 0 Å². The summed E-state index contributed by atoms with van der Waals surface area (Å²) in [5.74, 6) is -0.858. The highest BCUT2D eigenvalue weighted by Crippen LogP contribution is 2.36. The van der Waals surface area contributed by atoms with Gasteiger partial charge in [0.05, 0.1) is 18.8 Å². The smallest absolute Gasteiger partial charge is 0.462 e. The lowest BCUT2D eigenvalue weighted by Crippen LogP contribution is -2.29. The summed E-state index contributed by atoms with van der Waals surface area (Å²) in [6, 6.07) is 0. The normalized spacial score (nSPS) is 19.5. The summed E-state index contributed by atoms with van der Waals surface area (Å²) < 4.78 is 26.3. The summed E-state index contributed by atoms with van der Waals surface area (Å²) >= 11 is 0. The van der Waals surface area contributed by atoms with Crippen LogP contribution in [0.4, 0.5) is 0 Å². The topological polar surface area (TPSA) is 177 Å². The van der Waals surface area contributed by atoms with Crippen LogP contribution in [0.5, 0.6) is 0 Å². The minimum Gasteiger partial charge on any atom is -0.462 e. The van der Waals surface area contributed by atoms with Gasteiger partial charge in [-0.3, -0.25) is 18.9 Å². The van der Waals surface area contributed by atoms with Gasteiger partial charge in [0.15, 0.2) is 6.10 Å². The molecule has 286 valence electrons. The van der Waals surface area contributed by atoms with Gasteiger partial charge < -0.3 is 29.5 Å². The molecule has 1 aliphatic rings. The monoisotopic (exact) mass is 718 g/mol. The summed E-state index contributed by atoms with van der Waals surface area (Å²) in [6.45, 7) is 5.63. The van der Waals surface area contributed by atoms with Gasteiger partial charge in [0, 0.05) is 25.2 Å². The van der Waals surface area contributed by atoms with E-state index >= 15 is 0 Å². The van der Waals surface area contributed by atoms with Gasteiger partial charge in [-0.15, -0.1) is 0 Å². The third kappa shape index (κ3) is 24.2. The Kier molecular flexibility index (Phi) is 25.1. The molecule has 1 aliphatic carbocycles. The van der Waals surface area contributed by atoms with E-state index in [2.05, 4.69) is 25.3 Å². The Balaban J connectivity index is 2.32. The number of Topliss-reactive ketones (excluding diaryl/α,β-unsaturated/α-hetero) is 1. The van der Waals surface area contributed by atoms with Crippen LogP contribution in [0, 0.1) is 17.8 Å². The van der Waals surface area contributed by atoms with Crippen molar-refractivity contribution in [1.29, 1.82) is 0 Å². The molecule has 5 atom stereocenters. The molecule has 0 aromatic carbocycles. The number of aliphatic hydroxyl groups excluding tert-OH is 2. The molecule has 0 aromatic rings. The maximum Gasteiger partial charge on any atom is 0.469 e. The first-order valence-electron chi connectivity index (χ1n) is 18.9. The molecule has 0 bridgehead atoms. The fourth-order valence-corrected chi connectivity index (χ4v) is 6.59. The fourth-order valence-electron chi connectivity index (χ4n) is 6.23. The molecule has 49 heavy (non-hydrogen) atoms. The van der Waals surface area contributed by atoms with Gasteiger partial charge in [0.25, 0.3) is 0 Å². The third-order valence-electron chi connectivity index (χ3n) is 9.12. The molecule has 11 nitrogen and oxygen atoms in total. The lowest BCUT2D eigenvalue weighted by molar-refractivity contribution is -0.161. The van der Waals surface area contributed by atoms with Gasteiger partial charge in [-0.05, 0) is 37.5 Å². The zero-order valence-electron chi connectivity index (χ0n) is 30.5. The number of aliphatic hydroxyl groups is 2. The van der Waals surface area contributed by atoms with E-state index in [4.69, 9.17) is 19.3 Å². The number of esters is 2. The summed E-state index contributed by atoms with van der Waals surface area (Å²) in [6.07, 6.45) is 18.6. The molecule has 12 heteroatoms. The van der Waals surface area contributed by atoms with Crippen LogP contribution >= 0.6 is 7.82 Å². The fraction of sp³-hybridized carbons (Fsp3) is 0.865. The second kappa shape index (κ2) is 27.1. The Morgan fingerprint density at radius 2 is 1.41 bits per heavy atom. The summed E-state index contributed by atoms with van der Waals surface area (Å²) in [7, 11) is -4.80. The van der Waals surface area contributed by atoms with Crippen molar-refractivity contribution in [3.8, 4) is 0 Å². The van der Waals surface area contributed by atoms with Gasteiger partial charge >= 0.3 is 19.8 Å². The molecule has 1 rings (SSSR count). The van der Waals surface area contributed by atoms with Crippen LogP contribution < -0.4 is 0 Å². The second-order valence-electron chi connectivity index (χ2n) is 14.2. The lowest BCUT2D eigenvalue weighted by atomic mass is 9.88. The lowest BCUT2D eigenvalue weighted by Gasteiger charge is -2.19. The highest BCUT2D eigenvalue weighted by Gasteiger charge is 2.39. The average molecular weight is 719 g/mol. The van der Waals surface area contributed by atoms with Crippen LogP contribution in [0.2, 0.25) is 0 Å². The zero-order chi connectivity index (χ0) is 36.5. The van der Waals surface area contributed by atoms with E-state index in [1.165, 1.54) is 32.1 Å². The zero-order valence-corrected chi connectivity index (χ0v) is 31.4. The molecule has 0 aromatic heterocycles. The number of carbonyl (C=O) groups excluding carboxylic acids is 3. The number of allylic oxidation sites excluding steroid dienone is 1. The SMILES string of the molecule is CCCCC[C@H](O)/C=C/[C@H]1C(=O)C[C@H](O)[C@@H]1CCCCCCC(=O)OC[C@H](COP(=O)(O)O)OC(=O)CCCCCCCCCCC(C)C. The standard InChI is InChI=1S/C37H67O11P/c1-4-5-14-20-30(38)24-25-33-32(34(39)26-35(33)40)21-16-12-13-17-22-36(41)46-27-31(28-47-49(43,44)45)48-37(42)23-18-11-9-7-6-8-10-15-19-29(2)3/h24-25,29-34,38-39H,4-23,26-28H2,1-3H3,(H2,43,44,45)/b25-24+/t30-,31+,32+,33+,34-/m0/s1. The van der Waals surface area contributed by atoms with Gasteiger partial charge in [0.1, 0.15) is 12.4 Å². The van der Waals surface area contributed by atoms with Crippen LogP contribution in [-0.2, 0) is 32.9 Å². The van der Waals surface area contributed by atoms with Crippen molar-refractivity contribution >= 4 is 25.5 Å². The van der Waals surface area contributed by atoms with Gasteiger partial charge in [-0.2, -0.15) is 0 Å². The number of hydrogen-bond acceptors (Lipinski definition) is 9. The van der Waals surface area contributed by atoms with Gasteiger partial charge in [0.2, 0.25) is 0 Å². The van der Waals surface area contributed by atoms with E-state index in [1.807, 2.05) is 0 Å². The number of hydrogen-bond donors (Lipinski definition) is 4. The maximum absolute atomic E-state index is 12.4. The van der Waals surface area contributed by atoms with Crippen molar-refractivity contribution < 1.29 is 52.9 Å². The van der Waals surface area contributed by atoms with Crippen LogP contribution in [0.15, 0.2) is 12.2 Å². The highest BCUT2D eigenvalue weighted by atomic mass is 31.2. The quantitative estimate of drug-likeness (QED) is 0.0250. The molecule has 0 saturated heterocycles. The first-order valence-corrected chi connectivity index (χ1v) is 20.5. The minimum absolute atomic E-state index is 0.000932. The number of ether oxygens (including phenoxy) is 2. The Hall–Kier alpha value is -1.62. The second-order valence-corrected chi connectivity index (χ2v) is 15.4. The molecule has 0 radical (unpaired) electrons. The number of ketones is 1. The Bertz CT molecular complexity index is 979. The van der Waals surface area contributed by atoms with Gasteiger partial charge in [-0.1, -0.05) is 123 Å². The number of rotatable bonds is 30. The molecule has 1 fully saturated rings. The van der Waals surface area contributed by atoms with E-state index in [0.717, 1.165) is 63.7 Å². The van der Waals surface area contributed by atoms with Crippen molar-refractivity contribution in [3.63, 3.8) is 0 Å².